The smallest absolute Gasteiger partial charge is 0.237 e. The van der Waals surface area contributed by atoms with E-state index in [0.717, 1.165) is 31.2 Å². The number of carbonyl (C=O) groups excluding carboxylic acids is 2. The number of hydrogen-bond acceptors (Lipinski definition) is 3. The lowest BCUT2D eigenvalue weighted by molar-refractivity contribution is -0.142. The third kappa shape index (κ3) is 2.36. The molecule has 0 bridgehead atoms. The molecule has 0 spiro atoms. The van der Waals surface area contributed by atoms with Crippen LogP contribution >= 0.6 is 0 Å². The average molecular weight is 272 g/mol. The Labute approximate surface area is 118 Å². The van der Waals surface area contributed by atoms with Crippen molar-refractivity contribution in [3.05, 3.63) is 35.9 Å². The number of benzene rings is 1. The van der Waals surface area contributed by atoms with Gasteiger partial charge in [-0.2, -0.15) is 0 Å². The molecule has 1 unspecified atom stereocenters. The van der Waals surface area contributed by atoms with Gasteiger partial charge in [-0.05, 0) is 31.2 Å². The Morgan fingerprint density at radius 1 is 1.00 bits per heavy atom. The monoisotopic (exact) mass is 272 g/mol. The summed E-state index contributed by atoms with van der Waals surface area (Å²) in [4.78, 5) is 26.3. The highest BCUT2D eigenvalue weighted by molar-refractivity contribution is 6.06. The molecule has 1 heterocycles. The maximum absolute atomic E-state index is 12.6. The Morgan fingerprint density at radius 3 is 2.30 bits per heavy atom. The molecule has 1 aromatic carbocycles. The molecular formula is C16H20N2O2. The zero-order chi connectivity index (χ0) is 14.1. The van der Waals surface area contributed by atoms with E-state index in [2.05, 4.69) is 0 Å². The second-order valence-corrected chi connectivity index (χ2v) is 5.84. The van der Waals surface area contributed by atoms with E-state index in [9.17, 15) is 9.59 Å². The molecule has 1 aliphatic heterocycles. The van der Waals surface area contributed by atoms with E-state index in [-0.39, 0.29) is 29.8 Å². The van der Waals surface area contributed by atoms with Crippen LogP contribution in [0.4, 0.5) is 0 Å². The topological polar surface area (TPSA) is 63.4 Å². The van der Waals surface area contributed by atoms with Crippen molar-refractivity contribution < 1.29 is 9.59 Å². The molecule has 20 heavy (non-hydrogen) atoms. The molecule has 1 aromatic rings. The summed E-state index contributed by atoms with van der Waals surface area (Å²) >= 11 is 0. The summed E-state index contributed by atoms with van der Waals surface area (Å²) < 4.78 is 0. The SMILES string of the molecule is NC1CCC(N2C(=O)CC(c3ccccc3)C2=O)CC1. The summed E-state index contributed by atoms with van der Waals surface area (Å²) in [7, 11) is 0. The van der Waals surface area contributed by atoms with Crippen molar-refractivity contribution in [3.8, 4) is 0 Å². The Hall–Kier alpha value is -1.68. The van der Waals surface area contributed by atoms with Gasteiger partial charge in [-0.15, -0.1) is 0 Å². The molecule has 106 valence electrons. The lowest BCUT2D eigenvalue weighted by atomic mass is 9.90. The highest BCUT2D eigenvalue weighted by atomic mass is 16.2. The zero-order valence-corrected chi connectivity index (χ0v) is 11.5. The van der Waals surface area contributed by atoms with E-state index in [1.807, 2.05) is 30.3 Å². The zero-order valence-electron chi connectivity index (χ0n) is 11.5. The van der Waals surface area contributed by atoms with Crippen LogP contribution < -0.4 is 5.73 Å². The summed E-state index contributed by atoms with van der Waals surface area (Å²) in [6.07, 6.45) is 3.81. The number of amides is 2. The van der Waals surface area contributed by atoms with Gasteiger partial charge >= 0.3 is 0 Å². The predicted molar refractivity (Wildman–Crippen MR) is 75.9 cm³/mol. The van der Waals surface area contributed by atoms with Crippen LogP contribution in [-0.4, -0.2) is 28.8 Å². The van der Waals surface area contributed by atoms with Crippen molar-refractivity contribution in [2.75, 3.05) is 0 Å². The maximum atomic E-state index is 12.6. The molecule has 0 aromatic heterocycles. The first-order valence-electron chi connectivity index (χ1n) is 7.33. The van der Waals surface area contributed by atoms with Crippen molar-refractivity contribution in [2.45, 2.75) is 50.1 Å². The maximum Gasteiger partial charge on any atom is 0.237 e. The first-order chi connectivity index (χ1) is 9.66. The van der Waals surface area contributed by atoms with Gasteiger partial charge in [0.05, 0.1) is 5.92 Å². The first kappa shape index (κ1) is 13.3. The van der Waals surface area contributed by atoms with Gasteiger partial charge in [-0.1, -0.05) is 30.3 Å². The molecule has 4 heteroatoms. The lowest BCUT2D eigenvalue weighted by Crippen LogP contribution is -2.44. The van der Waals surface area contributed by atoms with E-state index < -0.39 is 0 Å². The van der Waals surface area contributed by atoms with Gasteiger partial charge in [0.1, 0.15) is 0 Å². The Kier molecular flexibility index (Phi) is 3.57. The van der Waals surface area contributed by atoms with E-state index in [4.69, 9.17) is 5.73 Å². The highest BCUT2D eigenvalue weighted by Gasteiger charge is 2.43. The summed E-state index contributed by atoms with van der Waals surface area (Å²) in [6, 6.07) is 9.88. The summed E-state index contributed by atoms with van der Waals surface area (Å²) in [5, 5.41) is 0. The summed E-state index contributed by atoms with van der Waals surface area (Å²) in [6.45, 7) is 0. The molecule has 3 rings (SSSR count). The second kappa shape index (κ2) is 5.37. The minimum atomic E-state index is -0.292. The molecule has 0 radical (unpaired) electrons. The third-order valence-corrected chi connectivity index (χ3v) is 4.49. The predicted octanol–water partition coefficient (Wildman–Crippen LogP) is 1.80. The van der Waals surface area contributed by atoms with Crippen LogP contribution in [0.5, 0.6) is 0 Å². The van der Waals surface area contributed by atoms with Gasteiger partial charge in [0, 0.05) is 18.5 Å². The molecule has 1 saturated carbocycles. The van der Waals surface area contributed by atoms with Crippen LogP contribution in [0.2, 0.25) is 0 Å². The van der Waals surface area contributed by atoms with Gasteiger partial charge in [0.15, 0.2) is 0 Å². The number of nitrogens with zero attached hydrogens (tertiary/aromatic N) is 1. The summed E-state index contributed by atoms with van der Waals surface area (Å²) in [5.41, 5.74) is 6.84. The molecule has 2 aliphatic rings. The molecule has 1 atom stereocenters. The molecular weight excluding hydrogens is 252 g/mol. The third-order valence-electron chi connectivity index (χ3n) is 4.49. The lowest BCUT2D eigenvalue weighted by Gasteiger charge is -2.32. The van der Waals surface area contributed by atoms with Crippen molar-refractivity contribution >= 4 is 11.8 Å². The van der Waals surface area contributed by atoms with Crippen LogP contribution in [0, 0.1) is 0 Å². The van der Waals surface area contributed by atoms with Crippen LogP contribution in [0.25, 0.3) is 0 Å². The molecule has 2 amide bonds. The van der Waals surface area contributed by atoms with Gasteiger partial charge in [0.25, 0.3) is 0 Å². The molecule has 1 aliphatic carbocycles. The number of hydrogen-bond donors (Lipinski definition) is 1. The van der Waals surface area contributed by atoms with Gasteiger partial charge in [-0.25, -0.2) is 0 Å². The molecule has 4 nitrogen and oxygen atoms in total. The van der Waals surface area contributed by atoms with Crippen LogP contribution in [0.1, 0.15) is 43.6 Å². The number of rotatable bonds is 2. The van der Waals surface area contributed by atoms with Crippen LogP contribution in [0.3, 0.4) is 0 Å². The number of carbonyl (C=O) groups is 2. The van der Waals surface area contributed by atoms with Crippen molar-refractivity contribution in [1.82, 2.24) is 4.90 Å². The fourth-order valence-corrected chi connectivity index (χ4v) is 3.34. The molecule has 2 fully saturated rings. The van der Waals surface area contributed by atoms with E-state index in [1.54, 1.807) is 0 Å². The Morgan fingerprint density at radius 2 is 1.65 bits per heavy atom. The molecule has 1 saturated heterocycles. The summed E-state index contributed by atoms with van der Waals surface area (Å²) in [5.74, 6) is -0.342. The first-order valence-corrected chi connectivity index (χ1v) is 7.33. The van der Waals surface area contributed by atoms with Gasteiger partial charge in [-0.3, -0.25) is 14.5 Å². The van der Waals surface area contributed by atoms with E-state index >= 15 is 0 Å². The quantitative estimate of drug-likeness (QED) is 0.835. The standard InChI is InChI=1S/C16H20N2O2/c17-12-6-8-13(9-7-12)18-15(19)10-14(16(18)20)11-4-2-1-3-5-11/h1-5,12-14H,6-10,17H2. The molecule has 2 N–H and O–H groups in total. The fraction of sp³-hybridized carbons (Fsp3) is 0.500. The van der Waals surface area contributed by atoms with Gasteiger partial charge < -0.3 is 5.73 Å². The second-order valence-electron chi connectivity index (χ2n) is 5.84. The van der Waals surface area contributed by atoms with Crippen LogP contribution in [-0.2, 0) is 9.59 Å². The minimum Gasteiger partial charge on any atom is -0.328 e. The largest absolute Gasteiger partial charge is 0.328 e. The van der Waals surface area contributed by atoms with Gasteiger partial charge in [0.2, 0.25) is 11.8 Å². The fourth-order valence-electron chi connectivity index (χ4n) is 3.34. The number of likely N-dealkylation sites (tertiary alicyclic amines) is 1. The number of imide groups is 1. The highest BCUT2D eigenvalue weighted by Crippen LogP contribution is 2.34. The average Bonchev–Trinajstić information content (AvgIpc) is 2.76. The van der Waals surface area contributed by atoms with Crippen molar-refractivity contribution in [3.63, 3.8) is 0 Å². The van der Waals surface area contributed by atoms with E-state index in [1.165, 1.54) is 4.90 Å². The Balaban J connectivity index is 1.77. The van der Waals surface area contributed by atoms with Crippen molar-refractivity contribution in [2.24, 2.45) is 5.73 Å². The van der Waals surface area contributed by atoms with E-state index in [0.29, 0.717) is 6.42 Å². The number of nitrogens with two attached hydrogens (primary N) is 1. The Bertz CT molecular complexity index is 506. The van der Waals surface area contributed by atoms with Crippen molar-refractivity contribution in [1.29, 1.82) is 0 Å². The van der Waals surface area contributed by atoms with Crippen LogP contribution in [0.15, 0.2) is 30.3 Å². The minimum absolute atomic E-state index is 0.0238. The normalized spacial score (nSPS) is 30.9.